The molecule has 152 valence electrons. The number of ether oxygens (including phenoxy) is 1. The summed E-state index contributed by atoms with van der Waals surface area (Å²) in [6.07, 6.45) is 9.43. The molecule has 3 nitrogen and oxygen atoms in total. The maximum atomic E-state index is 12.8. The smallest absolute Gasteiger partial charge is 0.416 e. The number of halogens is 3. The molecule has 0 unspecified atom stereocenters. The fraction of sp³-hybridized carbons (Fsp3) is 0.550. The minimum Gasteiger partial charge on any atom is -0.483 e. The zero-order chi connectivity index (χ0) is 21.6. The van der Waals surface area contributed by atoms with Gasteiger partial charge in [0.2, 0.25) is 0 Å². The summed E-state index contributed by atoms with van der Waals surface area (Å²) in [5, 5.41) is 0. The Morgan fingerprint density at radius 3 is 1.96 bits per heavy atom. The predicted molar refractivity (Wildman–Crippen MR) is 108 cm³/mol. The van der Waals surface area contributed by atoms with Crippen molar-refractivity contribution in [2.45, 2.75) is 54.1 Å². The van der Waals surface area contributed by atoms with Gasteiger partial charge in [-0.3, -0.25) is 0 Å². The first-order chi connectivity index (χ1) is 12.4. The predicted octanol–water partition coefficient (Wildman–Crippen LogP) is 5.69. The summed E-state index contributed by atoms with van der Waals surface area (Å²) in [5.74, 6) is 0.299. The monoisotopic (exact) mass is 376 g/mol. The summed E-state index contributed by atoms with van der Waals surface area (Å²) in [6, 6.07) is 0. The molecule has 2 N–H and O–H groups in total. The number of alkyl halides is 3. The molecule has 0 aromatic heterocycles. The van der Waals surface area contributed by atoms with Gasteiger partial charge in [0, 0.05) is 0 Å². The summed E-state index contributed by atoms with van der Waals surface area (Å²) in [7, 11) is 1.42. The third kappa shape index (κ3) is 18.3. The number of hydrogen-bond acceptors (Lipinski definition) is 3. The van der Waals surface area contributed by atoms with Crippen LogP contribution in [0.15, 0.2) is 40.4 Å². The first-order valence-corrected chi connectivity index (χ1v) is 8.60. The van der Waals surface area contributed by atoms with Gasteiger partial charge in [-0.15, -0.1) is 12.8 Å². The lowest BCUT2D eigenvalue weighted by Crippen LogP contribution is -2.16. The molecule has 26 heavy (non-hydrogen) atoms. The van der Waals surface area contributed by atoms with Gasteiger partial charge in [0.05, 0.1) is 25.8 Å². The van der Waals surface area contributed by atoms with Crippen LogP contribution in [0.25, 0.3) is 0 Å². The van der Waals surface area contributed by atoms with E-state index < -0.39 is 11.7 Å². The van der Waals surface area contributed by atoms with Gasteiger partial charge in [-0.05, 0) is 25.0 Å². The van der Waals surface area contributed by atoms with Crippen LogP contribution >= 0.6 is 0 Å². The highest BCUT2D eigenvalue weighted by atomic mass is 19.4. The number of nitrogens with two attached hydrogens (primary N) is 1. The van der Waals surface area contributed by atoms with Crippen molar-refractivity contribution < 1.29 is 17.9 Å². The lowest BCUT2D eigenvalue weighted by Gasteiger charge is -2.09. The van der Waals surface area contributed by atoms with Crippen molar-refractivity contribution in [3.05, 3.63) is 35.5 Å². The number of rotatable bonds is 6. The largest absolute Gasteiger partial charge is 0.483 e. The third-order valence-corrected chi connectivity index (χ3v) is 2.32. The molecule has 0 aromatic carbocycles. The van der Waals surface area contributed by atoms with Crippen LogP contribution in [0, 0.1) is 12.8 Å². The van der Waals surface area contributed by atoms with Crippen molar-refractivity contribution in [1.29, 1.82) is 0 Å². The molecule has 6 heteroatoms. The van der Waals surface area contributed by atoms with Gasteiger partial charge in [0.1, 0.15) is 0 Å². The van der Waals surface area contributed by atoms with E-state index >= 15 is 0 Å². The summed E-state index contributed by atoms with van der Waals surface area (Å²) >= 11 is 0. The number of terminal acetylenes is 1. The van der Waals surface area contributed by atoms with Crippen molar-refractivity contribution in [2.75, 3.05) is 20.2 Å². The quantitative estimate of drug-likeness (QED) is 0.280. The van der Waals surface area contributed by atoms with Crippen LogP contribution in [0.5, 0.6) is 0 Å². The van der Waals surface area contributed by atoms with Crippen LogP contribution in [0.2, 0.25) is 0 Å². The fourth-order valence-corrected chi connectivity index (χ4v) is 1.43. The Morgan fingerprint density at radius 2 is 1.65 bits per heavy atom. The summed E-state index contributed by atoms with van der Waals surface area (Å²) in [5.41, 5.74) is 5.14. The second-order valence-corrected chi connectivity index (χ2v) is 3.90. The highest BCUT2D eigenvalue weighted by Crippen LogP contribution is 2.28. The number of allylic oxidation sites excluding steroid dienone is 4. The Labute approximate surface area is 157 Å². The van der Waals surface area contributed by atoms with Gasteiger partial charge in [-0.1, -0.05) is 52.8 Å². The van der Waals surface area contributed by atoms with Crippen molar-refractivity contribution >= 4 is 5.90 Å². The Hall–Kier alpha value is -2.00. The van der Waals surface area contributed by atoms with Crippen LogP contribution in [-0.4, -0.2) is 32.3 Å². The standard InChI is InChI=1S/C14H21F3N2O.2C2H6.C2H2/c1-4-6-11(10-19-13(9-18)20-3)8-12(7-5-2)14(15,16)17;3*1-2/h4,6-8H,5,9-10,18H2,1-3H3;2*1-2H3;1-2H/b6-4-,11-8+,12-7-,19-13?;;;. The number of methoxy groups -OCH3 is 1. The van der Waals surface area contributed by atoms with Crippen molar-refractivity contribution in [2.24, 2.45) is 10.7 Å². The molecule has 0 saturated carbocycles. The number of aliphatic imine (C=N–C) groups is 1. The van der Waals surface area contributed by atoms with Gasteiger partial charge >= 0.3 is 6.18 Å². The van der Waals surface area contributed by atoms with Crippen LogP contribution in [0.1, 0.15) is 48.0 Å². The van der Waals surface area contributed by atoms with Crippen molar-refractivity contribution in [1.82, 2.24) is 0 Å². The average Bonchev–Trinajstić information content (AvgIpc) is 2.66. The van der Waals surface area contributed by atoms with E-state index in [4.69, 9.17) is 10.5 Å². The van der Waals surface area contributed by atoms with Crippen LogP contribution in [0.3, 0.4) is 0 Å². The normalized spacial score (nSPS) is 12.1. The summed E-state index contributed by atoms with van der Waals surface area (Å²) in [6.45, 7) is 11.6. The third-order valence-electron chi connectivity index (χ3n) is 2.32. The Kier molecular flexibility index (Phi) is 28.1. The fourth-order valence-electron chi connectivity index (χ4n) is 1.43. The summed E-state index contributed by atoms with van der Waals surface area (Å²) < 4.78 is 43.3. The first-order valence-electron chi connectivity index (χ1n) is 8.60. The molecule has 0 aromatic rings. The molecular formula is C20H35F3N2O. The summed E-state index contributed by atoms with van der Waals surface area (Å²) in [4.78, 5) is 4.03. The van der Waals surface area contributed by atoms with E-state index in [2.05, 4.69) is 17.8 Å². The molecule has 0 aliphatic heterocycles. The van der Waals surface area contributed by atoms with E-state index in [1.54, 1.807) is 26.0 Å². The van der Waals surface area contributed by atoms with Crippen LogP contribution in [0.4, 0.5) is 13.2 Å². The van der Waals surface area contributed by atoms with Gasteiger partial charge < -0.3 is 10.5 Å². The van der Waals surface area contributed by atoms with Crippen LogP contribution < -0.4 is 5.73 Å². The van der Waals surface area contributed by atoms with E-state index in [0.717, 1.165) is 12.2 Å². The SMILES string of the molecule is C#C.CC.CC.C\C=C/C(=C\C(=C\CC)C(F)(F)F)CN=C(CN)OC. The van der Waals surface area contributed by atoms with E-state index in [-0.39, 0.29) is 13.1 Å². The molecule has 0 atom stereocenters. The average molecular weight is 377 g/mol. The maximum Gasteiger partial charge on any atom is 0.416 e. The molecular weight excluding hydrogens is 341 g/mol. The molecule has 0 rings (SSSR count). The van der Waals surface area contributed by atoms with Crippen molar-refractivity contribution in [3.8, 4) is 12.8 Å². The highest BCUT2D eigenvalue weighted by molar-refractivity contribution is 5.78. The molecule has 0 bridgehead atoms. The Bertz CT molecular complexity index is 440. The minimum atomic E-state index is -4.37. The zero-order valence-corrected chi connectivity index (χ0v) is 17.2. The molecule has 0 radical (unpaired) electrons. The second-order valence-electron chi connectivity index (χ2n) is 3.90. The lowest BCUT2D eigenvalue weighted by molar-refractivity contribution is -0.0884. The van der Waals surface area contributed by atoms with E-state index in [9.17, 15) is 13.2 Å². The van der Waals surface area contributed by atoms with Gasteiger partial charge in [-0.25, -0.2) is 4.99 Å². The molecule has 0 aliphatic carbocycles. The van der Waals surface area contributed by atoms with E-state index in [1.807, 2.05) is 27.7 Å². The Morgan fingerprint density at radius 1 is 1.15 bits per heavy atom. The minimum absolute atomic E-state index is 0.0852. The molecule has 0 fully saturated rings. The molecule has 0 saturated heterocycles. The molecule has 0 spiro atoms. The topological polar surface area (TPSA) is 47.6 Å². The number of hydrogen-bond donors (Lipinski definition) is 1. The molecule has 0 heterocycles. The first kappa shape index (κ1) is 31.7. The van der Waals surface area contributed by atoms with Gasteiger partial charge in [0.15, 0.2) is 5.90 Å². The van der Waals surface area contributed by atoms with Crippen LogP contribution in [-0.2, 0) is 4.74 Å². The molecule has 0 aliphatic rings. The Balaban J connectivity index is -0.000000362. The second kappa shape index (κ2) is 23.0. The number of nitrogens with zero attached hydrogens (tertiary/aromatic N) is 1. The zero-order valence-electron chi connectivity index (χ0n) is 17.2. The highest BCUT2D eigenvalue weighted by Gasteiger charge is 2.31. The van der Waals surface area contributed by atoms with Crippen molar-refractivity contribution in [3.63, 3.8) is 0 Å². The maximum absolute atomic E-state index is 12.8. The van der Waals surface area contributed by atoms with Gasteiger partial charge in [0.25, 0.3) is 0 Å². The van der Waals surface area contributed by atoms with Gasteiger partial charge in [-0.2, -0.15) is 13.2 Å². The van der Waals surface area contributed by atoms with E-state index in [0.29, 0.717) is 17.9 Å². The molecule has 0 amide bonds. The lowest BCUT2D eigenvalue weighted by atomic mass is 10.1. The van der Waals surface area contributed by atoms with E-state index in [1.165, 1.54) is 7.11 Å².